The largest absolute Gasteiger partial charge is 0.394 e. The fourth-order valence-electron chi connectivity index (χ4n) is 19.2. The standard InChI is InChI=1S/C82H137N5O59/c1-18-40(102)50(112)55(117)76(125-18)142-66-38(86-23(6)100)74(133-32(15-95)64(66)140-78-57(119)52(114)43(105)26(9-89)129-78)145-69-54(116)45(107)28(11-91)131-81(69)124-17-34-46(108)68(60(122)80(136-34)139-62-30(13-93)132-73(37(49(62)111)85-22(5)99)137-61-29(12-92)127-71(123)35(48(61)110)83-20(3)97)144-82-70(59(121)63(31(14-94)135-82)138-72-36(84-21(4)98)47(109)42(104)25(8-88)128-72)146-75-39(87-24(7)101)67(143-77-56(118)51(113)41(103)19(2)126-77)65(33(16-96)134-75)141-79-58(120)53(115)44(106)27(10-90)130-79/h18-19,25-82,88-96,102-123H,8-17H2,1-7H3,(H,83,97)(H,84,98)(H,85,99)(H,86,100)(H,87,101)/t18-,19-,25+,26+,27+,28+,29+,30+,31+,32+,33+,34+,35+,36+,37+,38+,39+,40+,41+,42+,43-,44-,45+,46+,47+,48+,49+,50+,51+,52-,53-,54-,55-,56-,57+,58+,59-,60-,61+,62+,63+,64+,65+,66+,67+,68-,69-,70-,71+,72-,73-,74-,75-,76-,77-,78-,79-,80-,81-,82+/m0/s1. The Morgan fingerprint density at radius 3 is 0.836 bits per heavy atom. The van der Waals surface area contributed by atoms with Gasteiger partial charge in [-0.2, -0.15) is 0 Å². The van der Waals surface area contributed by atoms with Gasteiger partial charge in [-0.1, -0.05) is 0 Å². The zero-order valence-electron chi connectivity index (χ0n) is 79.0. The summed E-state index contributed by atoms with van der Waals surface area (Å²) in [7, 11) is 0. The third-order valence-corrected chi connectivity index (χ3v) is 27.0. The van der Waals surface area contributed by atoms with Gasteiger partial charge in [0.2, 0.25) is 29.5 Å². The van der Waals surface area contributed by atoms with Gasteiger partial charge in [0.05, 0.1) is 78.3 Å². The average Bonchev–Trinajstić information content (AvgIpc) is 0.751. The Kier molecular flexibility index (Phi) is 42.8. The SMILES string of the molecule is CC(=O)N[C@@H]1[C@@H](O)[C@H](O[C@@H]2O[C@H](CO)[C@@H](O[C@@H]3O[C@H](CO[C@H]4O[C@H](CO)[C@@H](O)[C@H](O)[C@@H]4O[C@@H]4O[C@H](CO)[C@@H](O[C@@H]5O[C@H](CO)[C@H](O)[C@H](O)[C@H]5O)[C@H](O[C@@H]5O[C@@H](C)[C@@H](O)[C@@H](O)[C@@H]5O)[C@H]4NC(C)=O)[C@@H](O)[C@H](O[C@H]4O[C@H](CO)[C@@H](O[C@@H]5O[C@H](CO)[C@@H](O)[C@H](O)[C@H]5NC(C)=O)[C@H](O)[C@@H]4O[C@@H]4O[C@H](CO)[C@@H](O[C@@H]5O[C@H](CO)[C@H](O)[C@H](O)[C@H]5O)[C@H](O[C@@H]5O[C@@H](C)[C@@H](O)[C@@H](O)[C@@H]5O)[C@H]4NC(C)=O)[C@@H]3O)[C@H](O)[C@H]2NC(C)=O)[C@@H](CO)O[C@H]1O. The fraction of sp³-hybridized carbons (Fsp3) is 0.939. The smallest absolute Gasteiger partial charge is 0.217 e. The van der Waals surface area contributed by atoms with Crippen LogP contribution in [0.15, 0.2) is 0 Å². The normalized spacial score (nSPS) is 49.8. The number of carbonyl (C=O) groups is 5. The van der Waals surface area contributed by atoms with Crippen molar-refractivity contribution in [3.05, 3.63) is 0 Å². The van der Waals surface area contributed by atoms with Crippen LogP contribution in [0.25, 0.3) is 0 Å². The van der Waals surface area contributed by atoms with Crippen molar-refractivity contribution in [3.63, 3.8) is 0 Å². The number of rotatable bonds is 37. The predicted octanol–water partition coefficient (Wildman–Crippen LogP) is -24.4. The van der Waals surface area contributed by atoms with Crippen molar-refractivity contribution >= 4 is 29.5 Å². The molecule has 0 aliphatic carbocycles. The predicted molar refractivity (Wildman–Crippen MR) is 450 cm³/mol. The maximum Gasteiger partial charge on any atom is 0.217 e. The summed E-state index contributed by atoms with van der Waals surface area (Å²) in [5.41, 5.74) is 0. The molecule has 0 aromatic carbocycles. The number of nitrogens with one attached hydrogen (secondary N) is 5. The Morgan fingerprint density at radius 2 is 0.438 bits per heavy atom. The molecule has 64 nitrogen and oxygen atoms in total. The summed E-state index contributed by atoms with van der Waals surface area (Å²) in [4.78, 5) is 66.3. The maximum absolute atomic E-state index is 14.0. The first-order valence-corrected chi connectivity index (χ1v) is 46.9. The molecule has 0 bridgehead atoms. The van der Waals surface area contributed by atoms with Crippen LogP contribution in [0.2, 0.25) is 0 Å². The Morgan fingerprint density at radius 1 is 0.192 bits per heavy atom. The summed E-state index contributed by atoms with van der Waals surface area (Å²) in [6.45, 7) is -5.39. The van der Waals surface area contributed by atoms with Gasteiger partial charge in [0, 0.05) is 34.6 Å². The molecular formula is C82H137N5O59. The van der Waals surface area contributed by atoms with Crippen LogP contribution in [-0.4, -0.2) is 622 Å². The van der Waals surface area contributed by atoms with Crippen molar-refractivity contribution in [1.82, 2.24) is 26.6 Å². The van der Waals surface area contributed by atoms with E-state index >= 15 is 0 Å². The van der Waals surface area contributed by atoms with E-state index < -0.39 is 464 Å². The quantitative estimate of drug-likeness (QED) is 0.0275. The Labute approximate surface area is 827 Å². The van der Waals surface area contributed by atoms with Gasteiger partial charge in [0.15, 0.2) is 75.5 Å². The van der Waals surface area contributed by atoms with Gasteiger partial charge >= 0.3 is 0 Å². The lowest BCUT2D eigenvalue weighted by molar-refractivity contribution is -0.409. The lowest BCUT2D eigenvalue weighted by Gasteiger charge is -2.53. The van der Waals surface area contributed by atoms with Gasteiger partial charge in [0.1, 0.15) is 280 Å². The summed E-state index contributed by atoms with van der Waals surface area (Å²) >= 11 is 0. The van der Waals surface area contributed by atoms with Crippen molar-refractivity contribution in [2.75, 3.05) is 66.1 Å². The van der Waals surface area contributed by atoms with E-state index in [1.165, 1.54) is 13.8 Å². The van der Waals surface area contributed by atoms with Gasteiger partial charge in [-0.05, 0) is 13.8 Å². The maximum atomic E-state index is 14.0. The Hall–Kier alpha value is -4.81. The molecule has 0 aromatic rings. The van der Waals surface area contributed by atoms with Crippen LogP contribution in [0.5, 0.6) is 0 Å². The molecule has 12 aliphatic rings. The van der Waals surface area contributed by atoms with Crippen LogP contribution < -0.4 is 26.6 Å². The van der Waals surface area contributed by atoms with E-state index in [9.17, 15) is 182 Å². The highest BCUT2D eigenvalue weighted by atomic mass is 16.8. The molecule has 12 fully saturated rings. The van der Waals surface area contributed by atoms with Crippen LogP contribution >= 0.6 is 0 Å². The molecule has 5 amide bonds. The van der Waals surface area contributed by atoms with Crippen molar-refractivity contribution in [2.24, 2.45) is 0 Å². The zero-order chi connectivity index (χ0) is 107. The zero-order valence-corrected chi connectivity index (χ0v) is 79.0. The van der Waals surface area contributed by atoms with Gasteiger partial charge in [-0.3, -0.25) is 24.0 Å². The molecule has 844 valence electrons. The van der Waals surface area contributed by atoms with Crippen molar-refractivity contribution in [2.45, 2.75) is 417 Å². The third-order valence-electron chi connectivity index (χ3n) is 27.0. The number of aliphatic hydroxyl groups is 31. The average molecular weight is 2140 g/mol. The molecular weight excluding hydrogens is 2000 g/mol. The highest BCUT2D eigenvalue weighted by molar-refractivity contribution is 5.75. The molecule has 36 N–H and O–H groups in total. The van der Waals surface area contributed by atoms with Crippen molar-refractivity contribution < 1.29 is 291 Å². The molecule has 12 saturated heterocycles. The minimum Gasteiger partial charge on any atom is -0.394 e. The fourth-order valence-corrected chi connectivity index (χ4v) is 19.2. The molecule has 12 rings (SSSR count). The lowest BCUT2D eigenvalue weighted by atomic mass is 9.93. The second-order valence-corrected chi connectivity index (χ2v) is 37.3. The summed E-state index contributed by atoms with van der Waals surface area (Å²) in [5.74, 6) is -5.01. The molecule has 0 unspecified atom stereocenters. The molecule has 0 saturated carbocycles. The number of hydrogen-bond donors (Lipinski definition) is 36. The minimum absolute atomic E-state index is 0.843. The molecule has 0 radical (unpaired) electrons. The number of ether oxygens (including phenoxy) is 23. The molecule has 12 aliphatic heterocycles. The highest BCUT2D eigenvalue weighted by Crippen LogP contribution is 2.44. The van der Waals surface area contributed by atoms with Crippen LogP contribution in [0.1, 0.15) is 48.5 Å². The first kappa shape index (κ1) is 120. The van der Waals surface area contributed by atoms with Gasteiger partial charge in [0.25, 0.3) is 0 Å². The van der Waals surface area contributed by atoms with Crippen LogP contribution in [-0.2, 0) is 133 Å². The molecule has 60 atom stereocenters. The van der Waals surface area contributed by atoms with Gasteiger partial charge in [-0.25, -0.2) is 0 Å². The van der Waals surface area contributed by atoms with Gasteiger partial charge < -0.3 is 294 Å². The molecule has 0 spiro atoms. The molecule has 0 aromatic heterocycles. The monoisotopic (exact) mass is 2140 g/mol. The Bertz CT molecular complexity index is 4090. The molecule has 146 heavy (non-hydrogen) atoms. The topological polar surface area (TPSA) is 985 Å². The first-order chi connectivity index (χ1) is 69.0. The lowest BCUT2D eigenvalue weighted by Crippen LogP contribution is -2.72. The summed E-state index contributed by atoms with van der Waals surface area (Å²) in [6, 6.07) is -10.1. The van der Waals surface area contributed by atoms with E-state index in [1.807, 2.05) is 0 Å². The second-order valence-electron chi connectivity index (χ2n) is 37.3. The summed E-state index contributed by atoms with van der Waals surface area (Å²) in [6.07, 6.45) is -121. The van der Waals surface area contributed by atoms with Crippen molar-refractivity contribution in [1.29, 1.82) is 0 Å². The number of carbonyl (C=O) groups excluding carboxylic acids is 5. The summed E-state index contributed by atoms with van der Waals surface area (Å²) in [5, 5.41) is 365. The number of aliphatic hydroxyl groups excluding tert-OH is 31. The van der Waals surface area contributed by atoms with E-state index in [0.717, 1.165) is 34.6 Å². The second kappa shape index (κ2) is 52.2. The van der Waals surface area contributed by atoms with Crippen molar-refractivity contribution in [3.8, 4) is 0 Å². The van der Waals surface area contributed by atoms with Crippen LogP contribution in [0.3, 0.4) is 0 Å². The third kappa shape index (κ3) is 26.3. The van der Waals surface area contributed by atoms with Crippen LogP contribution in [0.4, 0.5) is 0 Å². The first-order valence-electron chi connectivity index (χ1n) is 46.9. The van der Waals surface area contributed by atoms with Gasteiger partial charge in [-0.15, -0.1) is 0 Å². The van der Waals surface area contributed by atoms with E-state index in [1.54, 1.807) is 0 Å². The van der Waals surface area contributed by atoms with E-state index in [2.05, 4.69) is 26.6 Å². The molecule has 12 heterocycles. The van der Waals surface area contributed by atoms with E-state index in [-0.39, 0.29) is 0 Å². The number of hydrogen-bond acceptors (Lipinski definition) is 59. The minimum atomic E-state index is -2.81. The van der Waals surface area contributed by atoms with Crippen LogP contribution in [0, 0.1) is 0 Å². The van der Waals surface area contributed by atoms with E-state index in [0.29, 0.717) is 0 Å². The van der Waals surface area contributed by atoms with E-state index in [4.69, 9.17) is 109 Å². The Balaban J connectivity index is 0.966. The summed E-state index contributed by atoms with van der Waals surface area (Å²) < 4.78 is 141. The number of amides is 5. The highest BCUT2D eigenvalue weighted by Gasteiger charge is 2.65. The molecule has 64 heteroatoms.